The smallest absolute Gasteiger partial charge is 0.145 e. The summed E-state index contributed by atoms with van der Waals surface area (Å²) >= 11 is 4.41. The molecule has 1 unspecified atom stereocenters. The van der Waals surface area contributed by atoms with E-state index in [0.717, 1.165) is 17.2 Å². The van der Waals surface area contributed by atoms with Crippen LogP contribution in [0.15, 0.2) is 30.9 Å². The highest BCUT2D eigenvalue weighted by Crippen LogP contribution is 2.39. The Morgan fingerprint density at radius 3 is 2.33 bits per heavy atom. The molecule has 4 nitrogen and oxygen atoms in total. The van der Waals surface area contributed by atoms with Gasteiger partial charge in [0.05, 0.1) is 16.1 Å². The third kappa shape index (κ3) is 3.95. The molecule has 2 aromatic heterocycles. The van der Waals surface area contributed by atoms with Gasteiger partial charge in [0.15, 0.2) is 0 Å². The Kier molecular flexibility index (Phi) is 4.88. The Bertz CT molecular complexity index is 598. The third-order valence-electron chi connectivity index (χ3n) is 3.21. The summed E-state index contributed by atoms with van der Waals surface area (Å²) in [5.41, 5.74) is 1.90. The van der Waals surface area contributed by atoms with E-state index >= 15 is 0 Å². The van der Waals surface area contributed by atoms with Crippen molar-refractivity contribution in [3.05, 3.63) is 48.1 Å². The zero-order valence-electron chi connectivity index (χ0n) is 12.7. The molecule has 0 amide bonds. The van der Waals surface area contributed by atoms with E-state index in [1.165, 1.54) is 10.8 Å². The molecule has 0 aliphatic carbocycles. The molecule has 2 rings (SSSR count). The maximum absolute atomic E-state index is 4.74. The number of aromatic nitrogens is 4. The van der Waals surface area contributed by atoms with E-state index in [2.05, 4.69) is 54.3 Å². The van der Waals surface area contributed by atoms with Crippen LogP contribution in [-0.4, -0.2) is 19.9 Å². The van der Waals surface area contributed by atoms with Gasteiger partial charge in [0, 0.05) is 36.6 Å². The van der Waals surface area contributed by atoms with E-state index in [1.807, 2.05) is 12.3 Å². The van der Waals surface area contributed by atoms with Crippen molar-refractivity contribution in [1.29, 1.82) is 0 Å². The summed E-state index contributed by atoms with van der Waals surface area (Å²) in [7, 11) is 1.44. The molecule has 0 aliphatic rings. The minimum atomic E-state index is -0.338. The summed E-state index contributed by atoms with van der Waals surface area (Å²) in [6.45, 7) is 8.47. The first kappa shape index (κ1) is 16.2. The molecule has 0 spiro atoms. The van der Waals surface area contributed by atoms with Crippen LogP contribution in [0.25, 0.3) is 0 Å². The van der Waals surface area contributed by atoms with Crippen LogP contribution < -0.4 is 0 Å². The first-order valence-corrected chi connectivity index (χ1v) is 8.63. The normalized spacial score (nSPS) is 14.7. The van der Waals surface area contributed by atoms with E-state index in [4.69, 9.17) is 4.98 Å². The lowest BCUT2D eigenvalue weighted by molar-refractivity contribution is 0.553. The van der Waals surface area contributed by atoms with Crippen LogP contribution in [0.4, 0.5) is 0 Å². The summed E-state index contributed by atoms with van der Waals surface area (Å²) in [6.07, 6.45) is 7.82. The van der Waals surface area contributed by atoms with Crippen molar-refractivity contribution in [2.75, 3.05) is 0 Å². The molecule has 21 heavy (non-hydrogen) atoms. The highest BCUT2D eigenvalue weighted by atomic mass is 33.1. The van der Waals surface area contributed by atoms with E-state index in [1.54, 1.807) is 18.6 Å². The summed E-state index contributed by atoms with van der Waals surface area (Å²) in [4.78, 5) is 17.8. The molecular formula is C15H20N4S2. The largest absolute Gasteiger partial charge is 0.261 e. The van der Waals surface area contributed by atoms with Gasteiger partial charge < -0.3 is 0 Å². The van der Waals surface area contributed by atoms with Crippen LogP contribution in [-0.2, 0) is 16.6 Å². The number of thiol groups is 1. The van der Waals surface area contributed by atoms with Gasteiger partial charge in [-0.1, -0.05) is 31.6 Å². The predicted octanol–water partition coefficient (Wildman–Crippen LogP) is 3.60. The Morgan fingerprint density at radius 1 is 1.10 bits per heavy atom. The molecule has 0 radical (unpaired) electrons. The second-order valence-corrected chi connectivity index (χ2v) is 7.85. The van der Waals surface area contributed by atoms with E-state index in [9.17, 15) is 0 Å². The van der Waals surface area contributed by atoms with Crippen LogP contribution in [0.3, 0.4) is 0 Å². The van der Waals surface area contributed by atoms with Gasteiger partial charge in [0.2, 0.25) is 0 Å². The molecule has 112 valence electrons. The molecule has 1 atom stereocenters. The monoisotopic (exact) mass is 320 g/mol. The Balaban J connectivity index is 2.31. The molecule has 0 bridgehead atoms. The topological polar surface area (TPSA) is 51.6 Å². The predicted molar refractivity (Wildman–Crippen MR) is 90.4 cm³/mol. The molecule has 2 heterocycles. The molecule has 0 saturated carbocycles. The zero-order chi connectivity index (χ0) is 15.5. The van der Waals surface area contributed by atoms with Crippen LogP contribution in [0.2, 0.25) is 0 Å². The SMILES string of the molecule is CC(C)(C)c1cncc(CC(C)(SS)c2ncccn2)n1. The molecule has 2 aromatic rings. The highest BCUT2D eigenvalue weighted by Gasteiger charge is 2.31. The van der Waals surface area contributed by atoms with Crippen molar-refractivity contribution in [2.45, 2.75) is 44.3 Å². The lowest BCUT2D eigenvalue weighted by Gasteiger charge is -2.25. The van der Waals surface area contributed by atoms with Gasteiger partial charge in [-0.25, -0.2) is 9.97 Å². The molecular weight excluding hydrogens is 300 g/mol. The van der Waals surface area contributed by atoms with Gasteiger partial charge in [-0.05, 0) is 13.0 Å². The average molecular weight is 320 g/mol. The average Bonchev–Trinajstić information content (AvgIpc) is 2.47. The third-order valence-corrected chi connectivity index (χ3v) is 5.15. The molecule has 0 saturated heterocycles. The fourth-order valence-electron chi connectivity index (χ4n) is 1.92. The molecule has 0 fully saturated rings. The number of hydrogen-bond donors (Lipinski definition) is 1. The Labute approximate surface area is 135 Å². The highest BCUT2D eigenvalue weighted by molar-refractivity contribution is 8.69. The van der Waals surface area contributed by atoms with Crippen molar-refractivity contribution in [3.8, 4) is 0 Å². The summed E-state index contributed by atoms with van der Waals surface area (Å²) < 4.78 is -0.338. The summed E-state index contributed by atoms with van der Waals surface area (Å²) in [5.74, 6) is 0.757. The van der Waals surface area contributed by atoms with Crippen LogP contribution in [0, 0.1) is 0 Å². The fraction of sp³-hybridized carbons (Fsp3) is 0.467. The van der Waals surface area contributed by atoms with Crippen LogP contribution >= 0.6 is 22.5 Å². The minimum Gasteiger partial charge on any atom is -0.261 e. The van der Waals surface area contributed by atoms with Gasteiger partial charge in [0.25, 0.3) is 0 Å². The van der Waals surface area contributed by atoms with E-state index in [0.29, 0.717) is 6.42 Å². The molecule has 0 aromatic carbocycles. The Morgan fingerprint density at radius 2 is 1.76 bits per heavy atom. The van der Waals surface area contributed by atoms with Crippen LogP contribution in [0.1, 0.15) is 44.9 Å². The lowest BCUT2D eigenvalue weighted by atomic mass is 9.92. The molecule has 6 heteroatoms. The summed E-state index contributed by atoms with van der Waals surface area (Å²) in [5, 5.41) is 0. The van der Waals surface area contributed by atoms with E-state index < -0.39 is 0 Å². The number of hydrogen-bond acceptors (Lipinski definition) is 6. The van der Waals surface area contributed by atoms with Crippen molar-refractivity contribution in [1.82, 2.24) is 19.9 Å². The standard InChI is InChI=1S/C15H20N4S2/c1-14(2,3)12-10-16-9-11(19-12)8-15(4,21-20)13-17-6-5-7-18-13/h5-7,9-10,20H,8H2,1-4H3. The van der Waals surface area contributed by atoms with Crippen molar-refractivity contribution < 1.29 is 0 Å². The maximum atomic E-state index is 4.74. The van der Waals surface area contributed by atoms with Gasteiger partial charge in [-0.3, -0.25) is 9.97 Å². The molecule has 0 aliphatic heterocycles. The van der Waals surface area contributed by atoms with Crippen molar-refractivity contribution >= 4 is 22.5 Å². The summed E-state index contributed by atoms with van der Waals surface area (Å²) in [6, 6.07) is 1.81. The van der Waals surface area contributed by atoms with Gasteiger partial charge in [-0.2, -0.15) is 0 Å². The zero-order valence-corrected chi connectivity index (χ0v) is 14.4. The Hall–Kier alpha value is -1.14. The van der Waals surface area contributed by atoms with Gasteiger partial charge >= 0.3 is 0 Å². The fourth-order valence-corrected chi connectivity index (χ4v) is 2.76. The van der Waals surface area contributed by atoms with E-state index in [-0.39, 0.29) is 10.2 Å². The second kappa shape index (κ2) is 6.32. The maximum Gasteiger partial charge on any atom is 0.145 e. The van der Waals surface area contributed by atoms with Crippen molar-refractivity contribution in [2.24, 2.45) is 0 Å². The quantitative estimate of drug-likeness (QED) is 0.689. The first-order valence-electron chi connectivity index (χ1n) is 6.77. The van der Waals surface area contributed by atoms with Crippen LogP contribution in [0.5, 0.6) is 0 Å². The minimum absolute atomic E-state index is 0.0171. The van der Waals surface area contributed by atoms with Gasteiger partial charge in [0.1, 0.15) is 5.82 Å². The molecule has 0 N–H and O–H groups in total. The second-order valence-electron chi connectivity index (χ2n) is 6.22. The number of nitrogens with zero attached hydrogens (tertiary/aromatic N) is 4. The lowest BCUT2D eigenvalue weighted by Crippen LogP contribution is -2.24. The first-order chi connectivity index (χ1) is 9.85. The van der Waals surface area contributed by atoms with Crippen molar-refractivity contribution in [3.63, 3.8) is 0 Å². The number of rotatable bonds is 4. The van der Waals surface area contributed by atoms with Gasteiger partial charge in [-0.15, -0.1) is 11.7 Å².